The molecule has 0 radical (unpaired) electrons. The summed E-state index contributed by atoms with van der Waals surface area (Å²) in [5.41, 5.74) is 0. The third-order valence-electron chi connectivity index (χ3n) is 2.94. The van der Waals surface area contributed by atoms with Crippen molar-refractivity contribution in [3.63, 3.8) is 0 Å². The van der Waals surface area contributed by atoms with Crippen molar-refractivity contribution in [1.29, 1.82) is 0 Å². The number of hydrogen-bond donors (Lipinski definition) is 1. The molecule has 0 amide bonds. The number of thioether (sulfide) groups is 1. The number of rotatable bonds is 3. The second-order valence-electron chi connectivity index (χ2n) is 4.11. The van der Waals surface area contributed by atoms with Gasteiger partial charge in [0.1, 0.15) is 5.82 Å². The molecule has 88 valence electrons. The van der Waals surface area contributed by atoms with Crippen LogP contribution < -0.4 is 5.32 Å². The molecule has 1 aromatic heterocycles. The van der Waals surface area contributed by atoms with Crippen LogP contribution in [0.3, 0.4) is 0 Å². The molecule has 0 spiro atoms. The van der Waals surface area contributed by atoms with Crippen LogP contribution in [0.2, 0.25) is 5.15 Å². The van der Waals surface area contributed by atoms with Crippen LogP contribution in [0.25, 0.3) is 0 Å². The van der Waals surface area contributed by atoms with E-state index >= 15 is 0 Å². The molecule has 2 unspecified atom stereocenters. The minimum atomic E-state index is 0.441. The summed E-state index contributed by atoms with van der Waals surface area (Å²) in [5, 5.41) is 12.5. The summed E-state index contributed by atoms with van der Waals surface area (Å²) in [6, 6.07) is 4.19. The van der Waals surface area contributed by atoms with Crippen LogP contribution in [0.4, 0.5) is 5.82 Å². The SMILES string of the molecule is CSC1CCCC(Nc2ccc(Cl)nn2)C1. The molecule has 0 bridgehead atoms. The summed E-state index contributed by atoms with van der Waals surface area (Å²) in [6.07, 6.45) is 7.26. The van der Waals surface area contributed by atoms with E-state index in [1.165, 1.54) is 25.7 Å². The lowest BCUT2D eigenvalue weighted by Gasteiger charge is -2.28. The summed E-state index contributed by atoms with van der Waals surface area (Å²) < 4.78 is 0. The maximum atomic E-state index is 5.70. The van der Waals surface area contributed by atoms with Gasteiger partial charge in [-0.3, -0.25) is 0 Å². The number of anilines is 1. The largest absolute Gasteiger partial charge is 0.366 e. The second-order valence-corrected chi connectivity index (χ2v) is 5.63. The summed E-state index contributed by atoms with van der Waals surface area (Å²) in [7, 11) is 0. The minimum absolute atomic E-state index is 0.441. The average Bonchev–Trinajstić information content (AvgIpc) is 2.32. The van der Waals surface area contributed by atoms with Crippen molar-refractivity contribution in [2.24, 2.45) is 0 Å². The molecule has 0 saturated heterocycles. The molecule has 1 aromatic rings. The van der Waals surface area contributed by atoms with E-state index in [1.54, 1.807) is 6.07 Å². The van der Waals surface area contributed by atoms with Gasteiger partial charge in [0.05, 0.1) is 0 Å². The lowest BCUT2D eigenvalue weighted by Crippen LogP contribution is -2.28. The zero-order valence-electron chi connectivity index (χ0n) is 9.32. The monoisotopic (exact) mass is 257 g/mol. The first kappa shape index (κ1) is 12.0. The van der Waals surface area contributed by atoms with Gasteiger partial charge in [0.2, 0.25) is 0 Å². The Labute approximate surface area is 105 Å². The molecule has 16 heavy (non-hydrogen) atoms. The number of halogens is 1. The summed E-state index contributed by atoms with van der Waals surface area (Å²) in [5.74, 6) is 0.830. The predicted octanol–water partition coefficient (Wildman–Crippen LogP) is 3.22. The van der Waals surface area contributed by atoms with Crippen molar-refractivity contribution in [2.45, 2.75) is 37.0 Å². The maximum Gasteiger partial charge on any atom is 0.151 e. The van der Waals surface area contributed by atoms with Crippen molar-refractivity contribution < 1.29 is 0 Å². The standard InChI is InChI=1S/C11H16ClN3S/c1-16-9-4-2-3-8(7-9)13-11-6-5-10(12)14-15-11/h5-6,8-9H,2-4,7H2,1H3,(H,13,15). The van der Waals surface area contributed by atoms with E-state index in [-0.39, 0.29) is 0 Å². The van der Waals surface area contributed by atoms with Gasteiger partial charge in [-0.2, -0.15) is 11.8 Å². The van der Waals surface area contributed by atoms with Gasteiger partial charge >= 0.3 is 0 Å². The van der Waals surface area contributed by atoms with Crippen molar-refractivity contribution in [1.82, 2.24) is 10.2 Å². The van der Waals surface area contributed by atoms with Gasteiger partial charge in [0.25, 0.3) is 0 Å². The van der Waals surface area contributed by atoms with Gasteiger partial charge in [-0.25, -0.2) is 0 Å². The molecule has 2 rings (SSSR count). The molecule has 5 heteroatoms. The Bertz CT molecular complexity index is 331. The summed E-state index contributed by atoms with van der Waals surface area (Å²) in [4.78, 5) is 0. The van der Waals surface area contributed by atoms with E-state index in [2.05, 4.69) is 21.8 Å². The quantitative estimate of drug-likeness (QED) is 0.902. The molecular weight excluding hydrogens is 242 g/mol. The highest BCUT2D eigenvalue weighted by Gasteiger charge is 2.21. The normalized spacial score (nSPS) is 25.4. The van der Waals surface area contributed by atoms with Gasteiger partial charge < -0.3 is 5.32 Å². The number of nitrogens with zero attached hydrogens (tertiary/aromatic N) is 2. The molecule has 1 saturated carbocycles. The Kier molecular flexibility index (Phi) is 4.29. The van der Waals surface area contributed by atoms with E-state index in [0.29, 0.717) is 11.2 Å². The van der Waals surface area contributed by atoms with Crippen molar-refractivity contribution >= 4 is 29.2 Å². The van der Waals surface area contributed by atoms with E-state index in [4.69, 9.17) is 11.6 Å². The van der Waals surface area contributed by atoms with E-state index in [0.717, 1.165) is 11.1 Å². The highest BCUT2D eigenvalue weighted by Crippen LogP contribution is 2.28. The molecule has 2 atom stereocenters. The Morgan fingerprint density at radius 3 is 2.94 bits per heavy atom. The maximum absolute atomic E-state index is 5.70. The van der Waals surface area contributed by atoms with Gasteiger partial charge in [0.15, 0.2) is 5.15 Å². The number of hydrogen-bond acceptors (Lipinski definition) is 4. The van der Waals surface area contributed by atoms with Gasteiger partial charge in [-0.1, -0.05) is 18.0 Å². The Morgan fingerprint density at radius 2 is 2.25 bits per heavy atom. The molecule has 0 aliphatic heterocycles. The van der Waals surface area contributed by atoms with Crippen molar-refractivity contribution in [3.8, 4) is 0 Å². The van der Waals surface area contributed by atoms with Crippen LogP contribution in [-0.2, 0) is 0 Å². The second kappa shape index (κ2) is 5.73. The first-order valence-electron chi connectivity index (χ1n) is 5.56. The number of nitrogens with one attached hydrogen (secondary N) is 1. The molecule has 0 aromatic carbocycles. The van der Waals surface area contributed by atoms with E-state index < -0.39 is 0 Å². The topological polar surface area (TPSA) is 37.8 Å². The zero-order valence-corrected chi connectivity index (χ0v) is 10.9. The highest BCUT2D eigenvalue weighted by atomic mass is 35.5. The fraction of sp³-hybridized carbons (Fsp3) is 0.636. The first-order chi connectivity index (χ1) is 7.78. The fourth-order valence-electron chi connectivity index (χ4n) is 2.09. The van der Waals surface area contributed by atoms with Gasteiger partial charge in [-0.05, 0) is 37.7 Å². The molecule has 1 aliphatic carbocycles. The molecule has 1 fully saturated rings. The lowest BCUT2D eigenvalue weighted by atomic mass is 9.95. The average molecular weight is 258 g/mol. The van der Waals surface area contributed by atoms with Crippen molar-refractivity contribution in [3.05, 3.63) is 17.3 Å². The molecule has 1 heterocycles. The molecule has 1 N–H and O–H groups in total. The van der Waals surface area contributed by atoms with Crippen LogP contribution in [0, 0.1) is 0 Å². The minimum Gasteiger partial charge on any atom is -0.366 e. The van der Waals surface area contributed by atoms with Crippen LogP contribution in [0.15, 0.2) is 12.1 Å². The smallest absolute Gasteiger partial charge is 0.151 e. The highest BCUT2D eigenvalue weighted by molar-refractivity contribution is 7.99. The molecular formula is C11H16ClN3S. The number of aromatic nitrogens is 2. The third kappa shape index (κ3) is 3.25. The predicted molar refractivity (Wildman–Crippen MR) is 70.2 cm³/mol. The van der Waals surface area contributed by atoms with Crippen LogP contribution >= 0.6 is 23.4 Å². The lowest BCUT2D eigenvalue weighted by molar-refractivity contribution is 0.472. The molecule has 3 nitrogen and oxygen atoms in total. The fourth-order valence-corrected chi connectivity index (χ4v) is 3.02. The van der Waals surface area contributed by atoms with Crippen LogP contribution in [0.1, 0.15) is 25.7 Å². The Balaban J connectivity index is 1.91. The summed E-state index contributed by atoms with van der Waals surface area (Å²) >= 11 is 7.66. The zero-order chi connectivity index (χ0) is 11.4. The third-order valence-corrected chi connectivity index (χ3v) is 4.24. The van der Waals surface area contributed by atoms with E-state index in [9.17, 15) is 0 Å². The van der Waals surface area contributed by atoms with Gasteiger partial charge in [0, 0.05) is 11.3 Å². The Morgan fingerprint density at radius 1 is 1.38 bits per heavy atom. The van der Waals surface area contributed by atoms with Crippen molar-refractivity contribution in [2.75, 3.05) is 11.6 Å². The Hall–Kier alpha value is -0.480. The molecule has 1 aliphatic rings. The van der Waals surface area contributed by atoms with Gasteiger partial charge in [-0.15, -0.1) is 10.2 Å². The van der Waals surface area contributed by atoms with Crippen LogP contribution in [-0.4, -0.2) is 27.7 Å². The van der Waals surface area contributed by atoms with E-state index in [1.807, 2.05) is 17.8 Å². The first-order valence-corrected chi connectivity index (χ1v) is 7.23. The summed E-state index contributed by atoms with van der Waals surface area (Å²) in [6.45, 7) is 0. The van der Waals surface area contributed by atoms with Crippen LogP contribution in [0.5, 0.6) is 0 Å².